The van der Waals surface area contributed by atoms with Crippen molar-refractivity contribution in [2.75, 3.05) is 0 Å². The Bertz CT molecular complexity index is 235. The summed E-state index contributed by atoms with van der Waals surface area (Å²) in [7, 11) is 0. The average Bonchev–Trinajstić information content (AvgIpc) is 2.19. The van der Waals surface area contributed by atoms with Crippen molar-refractivity contribution in [1.29, 1.82) is 0 Å². The Kier molecular flexibility index (Phi) is 3.83. The first kappa shape index (κ1) is 10.1. The van der Waals surface area contributed by atoms with Gasteiger partial charge in [0.15, 0.2) is 0 Å². The van der Waals surface area contributed by atoms with E-state index >= 15 is 0 Å². The molecule has 0 aromatic carbocycles. The molecule has 0 bridgehead atoms. The maximum atomic E-state index is 5.95. The Morgan fingerprint density at radius 1 is 1.38 bits per heavy atom. The van der Waals surface area contributed by atoms with Gasteiger partial charge < -0.3 is 5.73 Å². The van der Waals surface area contributed by atoms with Gasteiger partial charge in [0, 0.05) is 12.4 Å². The van der Waals surface area contributed by atoms with Gasteiger partial charge in [-0.15, -0.1) is 0 Å². The Balaban J connectivity index is 2.53. The summed E-state index contributed by atoms with van der Waals surface area (Å²) in [6.07, 6.45) is 5.58. The highest BCUT2D eigenvalue weighted by Crippen LogP contribution is 2.16. The molecule has 1 aromatic rings. The molecule has 1 heterocycles. The minimum absolute atomic E-state index is 0.0175. The van der Waals surface area contributed by atoms with Crippen LogP contribution in [0.25, 0.3) is 0 Å². The second kappa shape index (κ2) is 4.92. The van der Waals surface area contributed by atoms with E-state index in [1.807, 2.05) is 0 Å². The highest BCUT2D eigenvalue weighted by molar-refractivity contribution is 4.94. The molecule has 0 spiro atoms. The van der Waals surface area contributed by atoms with Crippen molar-refractivity contribution >= 4 is 0 Å². The maximum Gasteiger partial charge on any atom is 0.144 e. The molecule has 0 saturated heterocycles. The lowest BCUT2D eigenvalue weighted by Crippen LogP contribution is -2.16. The molecule has 0 aliphatic carbocycles. The molecular formula is C10H17N3. The van der Waals surface area contributed by atoms with Crippen molar-refractivity contribution in [3.05, 3.63) is 24.3 Å². The van der Waals surface area contributed by atoms with E-state index in [1.54, 1.807) is 18.5 Å². The Morgan fingerprint density at radius 2 is 2.00 bits per heavy atom. The lowest BCUT2D eigenvalue weighted by Gasteiger charge is -2.13. The zero-order valence-corrected chi connectivity index (χ0v) is 8.27. The van der Waals surface area contributed by atoms with Crippen LogP contribution in [0.3, 0.4) is 0 Å². The smallest absolute Gasteiger partial charge is 0.144 e. The van der Waals surface area contributed by atoms with E-state index < -0.39 is 0 Å². The monoisotopic (exact) mass is 179 g/mol. The fraction of sp³-hybridized carbons (Fsp3) is 0.600. The molecule has 0 amide bonds. The normalized spacial score (nSPS) is 15.3. The third-order valence-electron chi connectivity index (χ3n) is 2.27. The van der Waals surface area contributed by atoms with Crippen LogP contribution in [0.2, 0.25) is 0 Å². The SMILES string of the molecule is CCC(C)CC(N)c1ncccn1. The zero-order valence-electron chi connectivity index (χ0n) is 8.27. The van der Waals surface area contributed by atoms with Crippen LogP contribution in [0.15, 0.2) is 18.5 Å². The van der Waals surface area contributed by atoms with Crippen molar-refractivity contribution in [3.63, 3.8) is 0 Å². The average molecular weight is 179 g/mol. The van der Waals surface area contributed by atoms with Gasteiger partial charge in [0.1, 0.15) is 5.82 Å². The maximum absolute atomic E-state index is 5.95. The van der Waals surface area contributed by atoms with Crippen molar-refractivity contribution in [1.82, 2.24) is 9.97 Å². The Labute approximate surface area is 79.4 Å². The molecular weight excluding hydrogens is 162 g/mol. The standard InChI is InChI=1S/C10H17N3/c1-3-8(2)7-9(11)10-12-5-4-6-13-10/h4-6,8-9H,3,7,11H2,1-2H3. The predicted molar refractivity (Wildman–Crippen MR) is 53.0 cm³/mol. The van der Waals surface area contributed by atoms with Gasteiger partial charge in [-0.2, -0.15) is 0 Å². The van der Waals surface area contributed by atoms with E-state index in [0.29, 0.717) is 5.92 Å². The third-order valence-corrected chi connectivity index (χ3v) is 2.27. The zero-order chi connectivity index (χ0) is 9.68. The number of nitrogens with two attached hydrogens (primary N) is 1. The van der Waals surface area contributed by atoms with Crippen LogP contribution >= 0.6 is 0 Å². The highest BCUT2D eigenvalue weighted by Gasteiger charge is 2.11. The number of nitrogens with zero attached hydrogens (tertiary/aromatic N) is 2. The van der Waals surface area contributed by atoms with E-state index in [4.69, 9.17) is 5.73 Å². The molecule has 2 atom stereocenters. The number of rotatable bonds is 4. The van der Waals surface area contributed by atoms with E-state index in [0.717, 1.165) is 18.7 Å². The highest BCUT2D eigenvalue weighted by atomic mass is 14.9. The number of aromatic nitrogens is 2. The number of hydrogen-bond acceptors (Lipinski definition) is 3. The van der Waals surface area contributed by atoms with Crippen LogP contribution < -0.4 is 5.73 Å². The largest absolute Gasteiger partial charge is 0.321 e. The quantitative estimate of drug-likeness (QED) is 0.768. The summed E-state index contributed by atoms with van der Waals surface area (Å²) in [5, 5.41) is 0. The minimum Gasteiger partial charge on any atom is -0.321 e. The molecule has 0 saturated carbocycles. The molecule has 0 aliphatic rings. The lowest BCUT2D eigenvalue weighted by atomic mass is 9.99. The van der Waals surface area contributed by atoms with Gasteiger partial charge >= 0.3 is 0 Å². The first-order chi connectivity index (χ1) is 6.24. The summed E-state index contributed by atoms with van der Waals surface area (Å²) in [6.45, 7) is 4.37. The van der Waals surface area contributed by atoms with Crippen LogP contribution in [0, 0.1) is 5.92 Å². The van der Waals surface area contributed by atoms with E-state index in [9.17, 15) is 0 Å². The molecule has 1 rings (SSSR count). The summed E-state index contributed by atoms with van der Waals surface area (Å²) in [4.78, 5) is 8.26. The second-order valence-corrected chi connectivity index (χ2v) is 3.46. The molecule has 3 nitrogen and oxygen atoms in total. The van der Waals surface area contributed by atoms with Crippen LogP contribution in [-0.4, -0.2) is 9.97 Å². The Morgan fingerprint density at radius 3 is 2.54 bits per heavy atom. The topological polar surface area (TPSA) is 51.8 Å². The van der Waals surface area contributed by atoms with Gasteiger partial charge in [-0.05, 0) is 18.4 Å². The first-order valence-corrected chi connectivity index (χ1v) is 4.76. The molecule has 2 N–H and O–H groups in total. The van der Waals surface area contributed by atoms with Crippen molar-refractivity contribution in [2.24, 2.45) is 11.7 Å². The van der Waals surface area contributed by atoms with Crippen molar-refractivity contribution < 1.29 is 0 Å². The molecule has 0 aliphatic heterocycles. The van der Waals surface area contributed by atoms with Crippen LogP contribution in [0.5, 0.6) is 0 Å². The van der Waals surface area contributed by atoms with Crippen molar-refractivity contribution in [3.8, 4) is 0 Å². The van der Waals surface area contributed by atoms with Crippen molar-refractivity contribution in [2.45, 2.75) is 32.7 Å². The molecule has 0 fully saturated rings. The fourth-order valence-electron chi connectivity index (χ4n) is 1.21. The summed E-state index contributed by atoms with van der Waals surface area (Å²) in [5.41, 5.74) is 5.95. The second-order valence-electron chi connectivity index (χ2n) is 3.46. The minimum atomic E-state index is -0.0175. The Hall–Kier alpha value is -0.960. The molecule has 13 heavy (non-hydrogen) atoms. The van der Waals surface area contributed by atoms with Gasteiger partial charge in [-0.25, -0.2) is 9.97 Å². The molecule has 72 valence electrons. The van der Waals surface area contributed by atoms with E-state index in [1.165, 1.54) is 0 Å². The third kappa shape index (κ3) is 3.11. The van der Waals surface area contributed by atoms with Crippen LogP contribution in [0.1, 0.15) is 38.6 Å². The fourth-order valence-corrected chi connectivity index (χ4v) is 1.21. The van der Waals surface area contributed by atoms with E-state index in [2.05, 4.69) is 23.8 Å². The summed E-state index contributed by atoms with van der Waals surface area (Å²) < 4.78 is 0. The van der Waals surface area contributed by atoms with Crippen LogP contribution in [0.4, 0.5) is 0 Å². The summed E-state index contributed by atoms with van der Waals surface area (Å²) in [6, 6.07) is 1.79. The summed E-state index contributed by atoms with van der Waals surface area (Å²) >= 11 is 0. The van der Waals surface area contributed by atoms with Gasteiger partial charge in [-0.3, -0.25) is 0 Å². The molecule has 2 unspecified atom stereocenters. The van der Waals surface area contributed by atoms with Crippen LogP contribution in [-0.2, 0) is 0 Å². The van der Waals surface area contributed by atoms with Gasteiger partial charge in [0.2, 0.25) is 0 Å². The van der Waals surface area contributed by atoms with Gasteiger partial charge in [0.05, 0.1) is 6.04 Å². The summed E-state index contributed by atoms with van der Waals surface area (Å²) in [5.74, 6) is 1.39. The number of hydrogen-bond donors (Lipinski definition) is 1. The first-order valence-electron chi connectivity index (χ1n) is 4.76. The molecule has 1 aromatic heterocycles. The lowest BCUT2D eigenvalue weighted by molar-refractivity contribution is 0.449. The van der Waals surface area contributed by atoms with Gasteiger partial charge in [0.25, 0.3) is 0 Å². The van der Waals surface area contributed by atoms with Gasteiger partial charge in [-0.1, -0.05) is 20.3 Å². The predicted octanol–water partition coefficient (Wildman–Crippen LogP) is 1.91. The molecule has 3 heteroatoms. The van der Waals surface area contributed by atoms with E-state index in [-0.39, 0.29) is 6.04 Å². The molecule has 0 radical (unpaired) electrons.